The van der Waals surface area contributed by atoms with Crippen molar-refractivity contribution in [1.29, 1.82) is 0 Å². The van der Waals surface area contributed by atoms with E-state index in [1.807, 2.05) is 6.07 Å². The molecule has 19 heavy (non-hydrogen) atoms. The number of amides is 1. The highest BCUT2D eigenvalue weighted by molar-refractivity contribution is 5.99. The molecule has 1 saturated carbocycles. The van der Waals surface area contributed by atoms with Gasteiger partial charge >= 0.3 is 5.97 Å². The van der Waals surface area contributed by atoms with Crippen LogP contribution in [-0.4, -0.2) is 24.0 Å². The van der Waals surface area contributed by atoms with Crippen molar-refractivity contribution in [2.45, 2.75) is 25.7 Å². The van der Waals surface area contributed by atoms with Crippen LogP contribution in [0.2, 0.25) is 0 Å². The Morgan fingerprint density at radius 3 is 2.63 bits per heavy atom. The van der Waals surface area contributed by atoms with Crippen molar-refractivity contribution in [3.8, 4) is 0 Å². The van der Waals surface area contributed by atoms with Gasteiger partial charge in [-0.2, -0.15) is 0 Å². The van der Waals surface area contributed by atoms with E-state index in [2.05, 4.69) is 12.1 Å². The molecular weight excluding hydrogens is 242 g/mol. The highest BCUT2D eigenvalue weighted by Gasteiger charge is 2.49. The number of anilines is 1. The van der Waals surface area contributed by atoms with E-state index in [-0.39, 0.29) is 11.8 Å². The predicted molar refractivity (Wildman–Crippen MR) is 71.1 cm³/mol. The van der Waals surface area contributed by atoms with Crippen LogP contribution in [0.1, 0.15) is 24.0 Å². The van der Waals surface area contributed by atoms with Crippen molar-refractivity contribution in [3.05, 3.63) is 29.3 Å². The number of hydrogen-bond donors (Lipinski definition) is 1. The third kappa shape index (κ3) is 2.11. The average Bonchev–Trinajstić information content (AvgIpc) is 3.07. The molecule has 4 heteroatoms. The molecule has 0 radical (unpaired) electrons. The maximum atomic E-state index is 12.2. The summed E-state index contributed by atoms with van der Waals surface area (Å²) in [5, 5.41) is 8.88. The first-order chi connectivity index (χ1) is 9.08. The van der Waals surface area contributed by atoms with E-state index < -0.39 is 11.9 Å². The number of hydrogen-bond acceptors (Lipinski definition) is 2. The van der Waals surface area contributed by atoms with Gasteiger partial charge in [-0.25, -0.2) is 0 Å². The molecule has 3 rings (SSSR count). The normalized spacial score (nSPS) is 23.8. The first kappa shape index (κ1) is 12.2. The van der Waals surface area contributed by atoms with E-state index in [0.29, 0.717) is 6.42 Å². The van der Waals surface area contributed by atoms with Crippen LogP contribution >= 0.6 is 0 Å². The first-order valence-electron chi connectivity index (χ1n) is 6.70. The Hall–Kier alpha value is -1.84. The summed E-state index contributed by atoms with van der Waals surface area (Å²) in [6.45, 7) is 0. The van der Waals surface area contributed by atoms with Gasteiger partial charge in [0.2, 0.25) is 5.91 Å². The third-order valence-corrected chi connectivity index (χ3v) is 4.22. The summed E-state index contributed by atoms with van der Waals surface area (Å²) >= 11 is 0. The molecular formula is C15H17NO3. The van der Waals surface area contributed by atoms with Crippen molar-refractivity contribution in [2.75, 3.05) is 11.9 Å². The van der Waals surface area contributed by atoms with Crippen molar-refractivity contribution >= 4 is 17.6 Å². The molecule has 2 unspecified atom stereocenters. The van der Waals surface area contributed by atoms with Gasteiger partial charge in [-0.3, -0.25) is 9.59 Å². The summed E-state index contributed by atoms with van der Waals surface area (Å²) in [6, 6.07) is 6.11. The Labute approximate surface area is 112 Å². The van der Waals surface area contributed by atoms with Gasteiger partial charge in [0.05, 0.1) is 11.8 Å². The number of rotatable bonds is 3. The molecule has 0 bridgehead atoms. The molecule has 0 aromatic heterocycles. The Kier molecular flexibility index (Phi) is 2.81. The number of carbonyl (C=O) groups is 2. The topological polar surface area (TPSA) is 57.6 Å². The molecule has 2 aliphatic rings. The zero-order valence-corrected chi connectivity index (χ0v) is 10.9. The molecule has 0 saturated heterocycles. The molecule has 0 heterocycles. The summed E-state index contributed by atoms with van der Waals surface area (Å²) in [4.78, 5) is 24.6. The maximum Gasteiger partial charge on any atom is 0.307 e. The van der Waals surface area contributed by atoms with Gasteiger partial charge < -0.3 is 10.0 Å². The van der Waals surface area contributed by atoms with Crippen LogP contribution in [0.4, 0.5) is 5.69 Å². The van der Waals surface area contributed by atoms with Crippen molar-refractivity contribution in [2.24, 2.45) is 11.8 Å². The Morgan fingerprint density at radius 2 is 1.95 bits per heavy atom. The van der Waals surface area contributed by atoms with Crippen LogP contribution in [-0.2, 0) is 22.4 Å². The van der Waals surface area contributed by atoms with Gasteiger partial charge in [-0.15, -0.1) is 0 Å². The Morgan fingerprint density at radius 1 is 1.21 bits per heavy atom. The standard InChI is InChI=1S/C15H17NO3/c1-16(14(17)12-8-13(12)15(18)19)11-6-5-9-3-2-4-10(9)7-11/h5-7,12-13H,2-4,8H2,1H3,(H,18,19). The van der Waals surface area contributed by atoms with Crippen LogP contribution < -0.4 is 4.90 Å². The minimum atomic E-state index is -0.860. The number of benzene rings is 1. The second-order valence-corrected chi connectivity index (χ2v) is 5.49. The fourth-order valence-corrected chi connectivity index (χ4v) is 2.88. The number of aryl methyl sites for hydroxylation is 2. The number of aliphatic carboxylic acids is 1. The molecule has 4 nitrogen and oxygen atoms in total. The molecule has 2 atom stereocenters. The van der Waals surface area contributed by atoms with Crippen LogP contribution in [0.25, 0.3) is 0 Å². The van der Waals surface area contributed by atoms with E-state index >= 15 is 0 Å². The second-order valence-electron chi connectivity index (χ2n) is 5.49. The number of fused-ring (bicyclic) bond motifs is 1. The zero-order chi connectivity index (χ0) is 13.6. The summed E-state index contributed by atoms with van der Waals surface area (Å²) < 4.78 is 0. The number of nitrogens with zero attached hydrogens (tertiary/aromatic N) is 1. The summed E-state index contributed by atoms with van der Waals surface area (Å²) in [6.07, 6.45) is 3.85. The van der Waals surface area contributed by atoms with E-state index in [1.54, 1.807) is 11.9 Å². The highest BCUT2D eigenvalue weighted by atomic mass is 16.4. The lowest BCUT2D eigenvalue weighted by molar-refractivity contribution is -0.139. The number of carboxylic acids is 1. The molecule has 100 valence electrons. The van der Waals surface area contributed by atoms with E-state index in [9.17, 15) is 9.59 Å². The minimum absolute atomic E-state index is 0.0784. The van der Waals surface area contributed by atoms with Gasteiger partial charge in [0.25, 0.3) is 0 Å². The molecule has 1 fully saturated rings. The summed E-state index contributed by atoms with van der Waals surface area (Å²) in [7, 11) is 1.73. The SMILES string of the molecule is CN(C(=O)C1CC1C(=O)O)c1ccc2c(c1)CCC2. The molecule has 1 N–H and O–H groups in total. The van der Waals surface area contributed by atoms with Gasteiger partial charge in [0.15, 0.2) is 0 Å². The smallest absolute Gasteiger partial charge is 0.307 e. The van der Waals surface area contributed by atoms with Gasteiger partial charge in [-0.05, 0) is 48.9 Å². The maximum absolute atomic E-state index is 12.2. The molecule has 1 amide bonds. The van der Waals surface area contributed by atoms with Crippen molar-refractivity contribution < 1.29 is 14.7 Å². The third-order valence-electron chi connectivity index (χ3n) is 4.22. The van der Waals surface area contributed by atoms with Crippen LogP contribution in [0, 0.1) is 11.8 Å². The lowest BCUT2D eigenvalue weighted by Crippen LogP contribution is -2.29. The van der Waals surface area contributed by atoms with Gasteiger partial charge in [-0.1, -0.05) is 6.07 Å². The lowest BCUT2D eigenvalue weighted by atomic mass is 10.1. The molecule has 1 aromatic carbocycles. The largest absolute Gasteiger partial charge is 0.481 e. The van der Waals surface area contributed by atoms with Crippen molar-refractivity contribution in [1.82, 2.24) is 0 Å². The zero-order valence-electron chi connectivity index (χ0n) is 10.9. The number of carboxylic acid groups (broad SMARTS) is 1. The fourth-order valence-electron chi connectivity index (χ4n) is 2.88. The Bertz CT molecular complexity index is 552. The van der Waals surface area contributed by atoms with Gasteiger partial charge in [0.1, 0.15) is 0 Å². The monoisotopic (exact) mass is 259 g/mol. The van der Waals surface area contributed by atoms with Gasteiger partial charge in [0, 0.05) is 12.7 Å². The van der Waals surface area contributed by atoms with Crippen molar-refractivity contribution in [3.63, 3.8) is 0 Å². The minimum Gasteiger partial charge on any atom is -0.481 e. The summed E-state index contributed by atoms with van der Waals surface area (Å²) in [5.41, 5.74) is 3.57. The second kappa shape index (κ2) is 4.37. The molecule has 0 aliphatic heterocycles. The summed E-state index contributed by atoms with van der Waals surface area (Å²) in [5.74, 6) is -1.76. The average molecular weight is 259 g/mol. The fraction of sp³-hybridized carbons (Fsp3) is 0.467. The molecule has 0 spiro atoms. The molecule has 2 aliphatic carbocycles. The predicted octanol–water partition coefficient (Wildman–Crippen LogP) is 1.86. The first-order valence-corrected chi connectivity index (χ1v) is 6.70. The van der Waals surface area contributed by atoms with E-state index in [0.717, 1.165) is 18.5 Å². The Balaban J connectivity index is 1.75. The van der Waals surface area contributed by atoms with Crippen LogP contribution in [0.3, 0.4) is 0 Å². The van der Waals surface area contributed by atoms with Crippen LogP contribution in [0.5, 0.6) is 0 Å². The number of carbonyl (C=O) groups excluding carboxylic acids is 1. The quantitative estimate of drug-likeness (QED) is 0.901. The lowest BCUT2D eigenvalue weighted by Gasteiger charge is -2.18. The molecule has 1 aromatic rings. The van der Waals surface area contributed by atoms with Crippen LogP contribution in [0.15, 0.2) is 18.2 Å². The van der Waals surface area contributed by atoms with E-state index in [1.165, 1.54) is 17.5 Å². The highest BCUT2D eigenvalue weighted by Crippen LogP contribution is 2.40. The van der Waals surface area contributed by atoms with E-state index in [4.69, 9.17) is 5.11 Å².